The summed E-state index contributed by atoms with van der Waals surface area (Å²) in [7, 11) is -3.06. The lowest BCUT2D eigenvalue weighted by molar-refractivity contribution is -0.122. The Kier molecular flexibility index (Phi) is 5.24. The Morgan fingerprint density at radius 1 is 1.35 bits per heavy atom. The predicted octanol–water partition coefficient (Wildman–Crippen LogP) is 1.59. The van der Waals surface area contributed by atoms with Gasteiger partial charge in [-0.05, 0) is 37.6 Å². The van der Waals surface area contributed by atoms with Crippen LogP contribution in [0.2, 0.25) is 5.02 Å². The van der Waals surface area contributed by atoms with E-state index < -0.39 is 9.84 Å². The van der Waals surface area contributed by atoms with Gasteiger partial charge in [-0.3, -0.25) is 9.59 Å². The van der Waals surface area contributed by atoms with Gasteiger partial charge in [0.15, 0.2) is 9.84 Å². The van der Waals surface area contributed by atoms with Gasteiger partial charge in [-0.25, -0.2) is 8.42 Å². The maximum Gasteiger partial charge on any atom is 0.270 e. The van der Waals surface area contributed by atoms with E-state index in [1.54, 1.807) is 31.2 Å². The molecule has 26 heavy (non-hydrogen) atoms. The van der Waals surface area contributed by atoms with Crippen LogP contribution in [0.1, 0.15) is 23.8 Å². The van der Waals surface area contributed by atoms with Crippen molar-refractivity contribution in [2.75, 3.05) is 24.6 Å². The van der Waals surface area contributed by atoms with Crippen LogP contribution in [-0.2, 0) is 14.6 Å². The summed E-state index contributed by atoms with van der Waals surface area (Å²) in [5.74, 6) is -0.608. The quantitative estimate of drug-likeness (QED) is 0.800. The molecule has 1 aliphatic heterocycles. The van der Waals surface area contributed by atoms with Crippen LogP contribution in [0, 0.1) is 0 Å². The number of nitrogens with one attached hydrogen (secondary N) is 2. The van der Waals surface area contributed by atoms with Gasteiger partial charge in [-0.15, -0.1) is 0 Å². The fourth-order valence-corrected chi connectivity index (χ4v) is 4.93. The number of H-pyrrole nitrogens is 1. The van der Waals surface area contributed by atoms with Crippen molar-refractivity contribution in [3.63, 3.8) is 0 Å². The third-order valence-electron chi connectivity index (χ3n) is 4.41. The fraction of sp³-hybridized carbons (Fsp3) is 0.412. The van der Waals surface area contributed by atoms with E-state index in [1.165, 1.54) is 4.90 Å². The Bertz CT molecular complexity index is 954. The predicted molar refractivity (Wildman–Crippen MR) is 100 cm³/mol. The number of hydrogen-bond donors (Lipinski definition) is 2. The maximum absolute atomic E-state index is 12.7. The van der Waals surface area contributed by atoms with Gasteiger partial charge < -0.3 is 15.2 Å². The molecule has 2 heterocycles. The number of aromatic amines is 1. The van der Waals surface area contributed by atoms with Gasteiger partial charge in [-0.1, -0.05) is 11.6 Å². The molecule has 2 amide bonds. The summed E-state index contributed by atoms with van der Waals surface area (Å²) >= 11 is 5.96. The van der Waals surface area contributed by atoms with Crippen LogP contribution in [0.25, 0.3) is 10.9 Å². The summed E-state index contributed by atoms with van der Waals surface area (Å²) in [6, 6.07) is 6.60. The monoisotopic (exact) mass is 397 g/mol. The number of sulfone groups is 1. The molecule has 2 aromatic rings. The van der Waals surface area contributed by atoms with E-state index in [0.29, 0.717) is 23.7 Å². The SMILES string of the molecule is CCN(CC(=O)N[C@H]1CCS(=O)(=O)C1)C(=O)c1cc2cc(Cl)ccc2[nH]1. The van der Waals surface area contributed by atoms with Crippen molar-refractivity contribution < 1.29 is 18.0 Å². The Balaban J connectivity index is 1.67. The fourth-order valence-electron chi connectivity index (χ4n) is 3.07. The molecule has 2 N–H and O–H groups in total. The molecule has 0 unspecified atom stereocenters. The average molecular weight is 398 g/mol. The van der Waals surface area contributed by atoms with Gasteiger partial charge in [0.1, 0.15) is 5.69 Å². The third-order valence-corrected chi connectivity index (χ3v) is 6.42. The van der Waals surface area contributed by atoms with Crippen LogP contribution in [0.3, 0.4) is 0 Å². The smallest absolute Gasteiger partial charge is 0.270 e. The van der Waals surface area contributed by atoms with E-state index >= 15 is 0 Å². The number of benzene rings is 1. The highest BCUT2D eigenvalue weighted by molar-refractivity contribution is 7.91. The van der Waals surface area contributed by atoms with E-state index in [0.717, 1.165) is 10.9 Å². The second kappa shape index (κ2) is 7.28. The highest BCUT2D eigenvalue weighted by Gasteiger charge is 2.29. The summed E-state index contributed by atoms with van der Waals surface area (Å²) in [4.78, 5) is 29.3. The molecule has 1 aromatic carbocycles. The number of carbonyl (C=O) groups is 2. The summed E-state index contributed by atoms with van der Waals surface area (Å²) in [5.41, 5.74) is 1.16. The zero-order valence-corrected chi connectivity index (χ0v) is 15.9. The van der Waals surface area contributed by atoms with E-state index in [2.05, 4.69) is 10.3 Å². The van der Waals surface area contributed by atoms with Gasteiger partial charge in [0, 0.05) is 28.5 Å². The number of rotatable bonds is 5. The molecular weight excluding hydrogens is 378 g/mol. The second-order valence-electron chi connectivity index (χ2n) is 6.40. The van der Waals surface area contributed by atoms with Gasteiger partial charge in [0.2, 0.25) is 5.91 Å². The van der Waals surface area contributed by atoms with Crippen molar-refractivity contribution >= 4 is 44.2 Å². The first-order chi connectivity index (χ1) is 12.3. The number of likely N-dealkylation sites (N-methyl/N-ethyl adjacent to an activating group) is 1. The average Bonchev–Trinajstić information content (AvgIpc) is 3.14. The Morgan fingerprint density at radius 2 is 2.12 bits per heavy atom. The van der Waals surface area contributed by atoms with E-state index in [4.69, 9.17) is 11.6 Å². The Hall–Kier alpha value is -2.06. The molecule has 0 aliphatic carbocycles. The van der Waals surface area contributed by atoms with Crippen LogP contribution < -0.4 is 5.32 Å². The summed E-state index contributed by atoms with van der Waals surface area (Å²) in [6.07, 6.45) is 0.414. The molecular formula is C17H20ClN3O4S. The standard InChI is InChI=1S/C17H20ClN3O4S/c1-2-21(9-16(22)19-13-5-6-26(24,25)10-13)17(23)15-8-11-7-12(18)3-4-14(11)20-15/h3-4,7-8,13,20H,2,5-6,9-10H2,1H3,(H,19,22)/t13-/m0/s1. The summed E-state index contributed by atoms with van der Waals surface area (Å²) < 4.78 is 22.9. The summed E-state index contributed by atoms with van der Waals surface area (Å²) in [6.45, 7) is 2.01. The van der Waals surface area contributed by atoms with Crippen molar-refractivity contribution in [1.82, 2.24) is 15.2 Å². The van der Waals surface area contributed by atoms with Crippen molar-refractivity contribution in [3.8, 4) is 0 Å². The van der Waals surface area contributed by atoms with E-state index in [-0.39, 0.29) is 35.9 Å². The zero-order valence-electron chi connectivity index (χ0n) is 14.3. The van der Waals surface area contributed by atoms with Gasteiger partial charge in [0.05, 0.1) is 18.1 Å². The normalized spacial score (nSPS) is 18.8. The summed E-state index contributed by atoms with van der Waals surface area (Å²) in [5, 5.41) is 4.09. The topological polar surface area (TPSA) is 99.3 Å². The highest BCUT2D eigenvalue weighted by atomic mass is 35.5. The number of nitrogens with zero attached hydrogens (tertiary/aromatic N) is 1. The maximum atomic E-state index is 12.7. The molecule has 0 radical (unpaired) electrons. The lowest BCUT2D eigenvalue weighted by Gasteiger charge is -2.21. The number of aromatic nitrogens is 1. The largest absolute Gasteiger partial charge is 0.351 e. The van der Waals surface area contributed by atoms with Crippen molar-refractivity contribution in [1.29, 1.82) is 0 Å². The van der Waals surface area contributed by atoms with Crippen molar-refractivity contribution in [2.24, 2.45) is 0 Å². The number of amides is 2. The lowest BCUT2D eigenvalue weighted by Crippen LogP contribution is -2.44. The first-order valence-electron chi connectivity index (χ1n) is 8.35. The minimum absolute atomic E-state index is 0.0401. The van der Waals surface area contributed by atoms with Gasteiger partial charge >= 0.3 is 0 Å². The van der Waals surface area contributed by atoms with Crippen LogP contribution >= 0.6 is 11.6 Å². The first kappa shape index (κ1) is 18.7. The first-order valence-corrected chi connectivity index (χ1v) is 10.5. The van der Waals surface area contributed by atoms with Crippen molar-refractivity contribution in [3.05, 3.63) is 35.0 Å². The molecule has 0 saturated carbocycles. The minimum Gasteiger partial charge on any atom is -0.351 e. The molecule has 140 valence electrons. The van der Waals surface area contributed by atoms with Gasteiger partial charge in [0.25, 0.3) is 5.91 Å². The number of hydrogen-bond acceptors (Lipinski definition) is 4. The molecule has 7 nitrogen and oxygen atoms in total. The molecule has 0 spiro atoms. The molecule has 1 aromatic heterocycles. The number of fused-ring (bicyclic) bond motifs is 1. The van der Waals surface area contributed by atoms with E-state index in [9.17, 15) is 18.0 Å². The number of carbonyl (C=O) groups excluding carboxylic acids is 2. The second-order valence-corrected chi connectivity index (χ2v) is 9.07. The molecule has 3 rings (SSSR count). The number of halogens is 1. The third kappa shape index (κ3) is 4.19. The Morgan fingerprint density at radius 3 is 2.77 bits per heavy atom. The van der Waals surface area contributed by atoms with Gasteiger partial charge in [-0.2, -0.15) is 0 Å². The molecule has 1 aliphatic rings. The van der Waals surface area contributed by atoms with Crippen LogP contribution in [0.4, 0.5) is 0 Å². The van der Waals surface area contributed by atoms with Crippen LogP contribution in [-0.4, -0.2) is 60.8 Å². The van der Waals surface area contributed by atoms with Crippen molar-refractivity contribution in [2.45, 2.75) is 19.4 Å². The van der Waals surface area contributed by atoms with Crippen LogP contribution in [0.15, 0.2) is 24.3 Å². The minimum atomic E-state index is -3.06. The van der Waals surface area contributed by atoms with Crippen LogP contribution in [0.5, 0.6) is 0 Å². The lowest BCUT2D eigenvalue weighted by atomic mass is 10.2. The zero-order chi connectivity index (χ0) is 18.9. The molecule has 0 bridgehead atoms. The molecule has 9 heteroatoms. The highest BCUT2D eigenvalue weighted by Crippen LogP contribution is 2.21. The molecule has 1 atom stereocenters. The molecule has 1 fully saturated rings. The molecule has 1 saturated heterocycles. The van der Waals surface area contributed by atoms with E-state index in [1.807, 2.05) is 0 Å². The Labute approximate surface area is 156 Å².